The molecule has 2 amide bonds. The van der Waals surface area contributed by atoms with Gasteiger partial charge in [-0.25, -0.2) is 4.90 Å². The largest absolute Gasteiger partial charge is 0.497 e. The number of rotatable bonds is 8. The second-order valence-electron chi connectivity index (χ2n) is 6.33. The highest BCUT2D eigenvalue weighted by atomic mass is 32.2. The summed E-state index contributed by atoms with van der Waals surface area (Å²) in [5.74, 6) is 1.45. The summed E-state index contributed by atoms with van der Waals surface area (Å²) in [6.45, 7) is 2.72. The van der Waals surface area contributed by atoms with E-state index in [-0.39, 0.29) is 11.1 Å². The number of carbonyl (C=O) groups is 2. The van der Waals surface area contributed by atoms with Crippen molar-refractivity contribution in [2.24, 2.45) is 0 Å². The number of carbonyl (C=O) groups excluding carboxylic acids is 2. The summed E-state index contributed by atoms with van der Waals surface area (Å²) < 4.78 is 16.3. The van der Waals surface area contributed by atoms with E-state index in [1.807, 2.05) is 12.1 Å². The molecule has 0 unspecified atom stereocenters. The molecule has 0 bridgehead atoms. The number of thioether (sulfide) groups is 1. The van der Waals surface area contributed by atoms with Crippen LogP contribution in [0.15, 0.2) is 47.4 Å². The molecule has 1 aliphatic heterocycles. The average Bonchev–Trinajstić information content (AvgIpc) is 3.01. The lowest BCUT2D eigenvalue weighted by Crippen LogP contribution is -2.27. The monoisotopic (exact) mass is 413 g/mol. The average molecular weight is 413 g/mol. The topological polar surface area (TPSA) is 65.1 Å². The zero-order valence-electron chi connectivity index (χ0n) is 16.6. The van der Waals surface area contributed by atoms with Crippen molar-refractivity contribution in [1.29, 1.82) is 0 Å². The number of ether oxygens (including phenoxy) is 3. The van der Waals surface area contributed by atoms with Crippen LogP contribution in [0.1, 0.15) is 25.3 Å². The van der Waals surface area contributed by atoms with Crippen LogP contribution in [0.25, 0.3) is 6.08 Å². The molecule has 0 spiro atoms. The minimum absolute atomic E-state index is 0.346. The van der Waals surface area contributed by atoms with Crippen LogP contribution < -0.4 is 19.1 Å². The lowest BCUT2D eigenvalue weighted by atomic mass is 10.1. The number of benzene rings is 2. The molecule has 1 fully saturated rings. The van der Waals surface area contributed by atoms with Gasteiger partial charge in [-0.05, 0) is 54.1 Å². The zero-order valence-corrected chi connectivity index (χ0v) is 17.5. The summed E-state index contributed by atoms with van der Waals surface area (Å²) in [5.41, 5.74) is 1.23. The minimum atomic E-state index is -0.365. The van der Waals surface area contributed by atoms with Gasteiger partial charge in [0.1, 0.15) is 5.75 Å². The van der Waals surface area contributed by atoms with Gasteiger partial charge in [-0.2, -0.15) is 0 Å². The van der Waals surface area contributed by atoms with Gasteiger partial charge in [0, 0.05) is 6.07 Å². The lowest BCUT2D eigenvalue weighted by Gasteiger charge is -2.13. The standard InChI is InChI=1S/C22H23NO5S/c1-4-5-11-28-18-10-9-15(12-19(18)27-3)13-20-21(24)23(22(25)29-20)16-7-6-8-17(14-16)26-2/h6-10,12-14H,4-5,11H2,1-3H3/b20-13-. The first kappa shape index (κ1) is 20.8. The van der Waals surface area contributed by atoms with Crippen LogP contribution in [0.2, 0.25) is 0 Å². The molecule has 152 valence electrons. The lowest BCUT2D eigenvalue weighted by molar-refractivity contribution is -0.113. The molecular weight excluding hydrogens is 390 g/mol. The van der Waals surface area contributed by atoms with E-state index in [0.717, 1.165) is 35.1 Å². The Morgan fingerprint density at radius 2 is 1.86 bits per heavy atom. The van der Waals surface area contributed by atoms with Crippen LogP contribution in [0.4, 0.5) is 10.5 Å². The first-order valence-corrected chi connectivity index (χ1v) is 10.1. The quantitative estimate of drug-likeness (QED) is 0.442. The SMILES string of the molecule is CCCCOc1ccc(/C=C2\SC(=O)N(c3cccc(OC)c3)C2=O)cc1OC. The maximum Gasteiger partial charge on any atom is 0.298 e. The molecule has 0 atom stereocenters. The van der Waals surface area contributed by atoms with E-state index in [2.05, 4.69) is 6.92 Å². The second-order valence-corrected chi connectivity index (χ2v) is 7.32. The molecule has 29 heavy (non-hydrogen) atoms. The van der Waals surface area contributed by atoms with Crippen LogP contribution in [0, 0.1) is 0 Å². The molecule has 1 heterocycles. The van der Waals surface area contributed by atoms with Crippen LogP contribution in [-0.2, 0) is 4.79 Å². The van der Waals surface area contributed by atoms with E-state index in [1.165, 1.54) is 7.11 Å². The van der Waals surface area contributed by atoms with Crippen LogP contribution in [0.3, 0.4) is 0 Å². The van der Waals surface area contributed by atoms with Crippen LogP contribution in [0.5, 0.6) is 17.2 Å². The van der Waals surface area contributed by atoms with Crippen molar-refractivity contribution < 1.29 is 23.8 Å². The van der Waals surface area contributed by atoms with Gasteiger partial charge in [0.2, 0.25) is 0 Å². The predicted octanol–water partition coefficient (Wildman–Crippen LogP) is 5.12. The van der Waals surface area contributed by atoms with Gasteiger partial charge in [0.25, 0.3) is 11.1 Å². The summed E-state index contributed by atoms with van der Waals surface area (Å²) >= 11 is 0.905. The van der Waals surface area contributed by atoms with Crippen molar-refractivity contribution in [3.63, 3.8) is 0 Å². The van der Waals surface area contributed by atoms with Crippen molar-refractivity contribution in [2.45, 2.75) is 19.8 Å². The smallest absolute Gasteiger partial charge is 0.298 e. The molecule has 0 aliphatic carbocycles. The molecule has 0 N–H and O–H groups in total. The molecule has 2 aromatic rings. The number of methoxy groups -OCH3 is 2. The van der Waals surface area contributed by atoms with Crippen LogP contribution in [-0.4, -0.2) is 32.0 Å². The normalized spacial score (nSPS) is 15.1. The molecule has 0 aromatic heterocycles. The van der Waals surface area contributed by atoms with Crippen molar-refractivity contribution >= 4 is 34.7 Å². The van der Waals surface area contributed by atoms with Gasteiger partial charge in [-0.3, -0.25) is 9.59 Å². The van der Waals surface area contributed by atoms with E-state index in [4.69, 9.17) is 14.2 Å². The van der Waals surface area contributed by atoms with E-state index in [1.54, 1.807) is 43.5 Å². The zero-order chi connectivity index (χ0) is 20.8. The van der Waals surface area contributed by atoms with Gasteiger partial charge in [-0.1, -0.05) is 25.5 Å². The summed E-state index contributed by atoms with van der Waals surface area (Å²) in [4.78, 5) is 26.8. The Kier molecular flexibility index (Phi) is 6.82. The Morgan fingerprint density at radius 3 is 2.59 bits per heavy atom. The second kappa shape index (κ2) is 9.52. The van der Waals surface area contributed by atoms with Gasteiger partial charge in [-0.15, -0.1) is 0 Å². The molecule has 2 aromatic carbocycles. The Morgan fingerprint density at radius 1 is 1.03 bits per heavy atom. The van der Waals surface area contributed by atoms with E-state index < -0.39 is 0 Å². The van der Waals surface area contributed by atoms with Gasteiger partial charge in [0.05, 0.1) is 31.4 Å². The Bertz CT molecular complexity index is 941. The first-order valence-electron chi connectivity index (χ1n) is 9.30. The van der Waals surface area contributed by atoms with Crippen LogP contribution >= 0.6 is 11.8 Å². The Labute approximate surface area is 174 Å². The number of anilines is 1. The highest BCUT2D eigenvalue weighted by Gasteiger charge is 2.36. The summed E-state index contributed by atoms with van der Waals surface area (Å²) in [7, 11) is 3.11. The molecule has 0 radical (unpaired) electrons. The summed E-state index contributed by atoms with van der Waals surface area (Å²) in [5, 5.41) is -0.346. The van der Waals surface area contributed by atoms with Gasteiger partial charge >= 0.3 is 0 Å². The highest BCUT2D eigenvalue weighted by molar-refractivity contribution is 8.19. The number of hydrogen-bond donors (Lipinski definition) is 0. The first-order chi connectivity index (χ1) is 14.1. The molecule has 6 nitrogen and oxygen atoms in total. The van der Waals surface area contributed by atoms with E-state index >= 15 is 0 Å². The number of nitrogens with zero attached hydrogens (tertiary/aromatic N) is 1. The van der Waals surface area contributed by atoms with Gasteiger partial charge < -0.3 is 14.2 Å². The number of unbranched alkanes of at least 4 members (excludes halogenated alkanes) is 1. The number of imide groups is 1. The third-order valence-corrected chi connectivity index (χ3v) is 5.22. The van der Waals surface area contributed by atoms with E-state index in [9.17, 15) is 9.59 Å². The highest BCUT2D eigenvalue weighted by Crippen LogP contribution is 2.37. The Hall–Kier alpha value is -2.93. The third-order valence-electron chi connectivity index (χ3n) is 4.35. The van der Waals surface area contributed by atoms with Crippen molar-refractivity contribution in [3.05, 3.63) is 52.9 Å². The molecular formula is C22H23NO5S. The minimum Gasteiger partial charge on any atom is -0.497 e. The molecule has 1 aliphatic rings. The predicted molar refractivity (Wildman–Crippen MR) is 115 cm³/mol. The molecule has 1 saturated heterocycles. The summed E-state index contributed by atoms with van der Waals surface area (Å²) in [6.07, 6.45) is 3.69. The third kappa shape index (κ3) is 4.74. The fourth-order valence-corrected chi connectivity index (χ4v) is 3.65. The molecule has 0 saturated carbocycles. The fourth-order valence-electron chi connectivity index (χ4n) is 2.81. The maximum atomic E-state index is 12.8. The molecule has 7 heteroatoms. The van der Waals surface area contributed by atoms with Crippen molar-refractivity contribution in [1.82, 2.24) is 0 Å². The summed E-state index contributed by atoms with van der Waals surface area (Å²) in [6, 6.07) is 12.3. The van der Waals surface area contributed by atoms with Crippen molar-refractivity contribution in [2.75, 3.05) is 25.7 Å². The molecule has 3 rings (SSSR count). The number of amides is 2. The van der Waals surface area contributed by atoms with Crippen molar-refractivity contribution in [3.8, 4) is 17.2 Å². The number of hydrogen-bond acceptors (Lipinski definition) is 6. The fraction of sp³-hybridized carbons (Fsp3) is 0.273. The maximum absolute atomic E-state index is 12.8. The van der Waals surface area contributed by atoms with E-state index in [0.29, 0.717) is 34.4 Å². The van der Waals surface area contributed by atoms with Gasteiger partial charge in [0.15, 0.2) is 11.5 Å². The Balaban J connectivity index is 1.83.